The molecule has 1 atom stereocenters. The van der Waals surface area contributed by atoms with Gasteiger partial charge in [0.25, 0.3) is 5.91 Å². The van der Waals surface area contributed by atoms with Gasteiger partial charge < -0.3 is 14.3 Å². The lowest BCUT2D eigenvalue weighted by atomic mass is 10.1. The topological polar surface area (TPSA) is 66.7 Å². The first-order valence-corrected chi connectivity index (χ1v) is 9.77. The summed E-state index contributed by atoms with van der Waals surface area (Å²) >= 11 is 0. The van der Waals surface area contributed by atoms with E-state index < -0.39 is 0 Å². The van der Waals surface area contributed by atoms with Crippen LogP contribution >= 0.6 is 0 Å². The number of aromatic nitrogens is 1. The first-order valence-electron chi connectivity index (χ1n) is 9.77. The van der Waals surface area contributed by atoms with Crippen LogP contribution in [0.5, 0.6) is 0 Å². The molecule has 27 heavy (non-hydrogen) atoms. The predicted molar refractivity (Wildman–Crippen MR) is 101 cm³/mol. The minimum absolute atomic E-state index is 0.0922. The maximum absolute atomic E-state index is 12.8. The summed E-state index contributed by atoms with van der Waals surface area (Å²) in [6.45, 7) is 5.11. The van der Waals surface area contributed by atoms with Crippen molar-refractivity contribution in [2.45, 2.75) is 32.6 Å². The van der Waals surface area contributed by atoms with E-state index in [0.717, 1.165) is 37.9 Å². The van der Waals surface area contributed by atoms with Crippen LogP contribution in [0.15, 0.2) is 34.9 Å². The van der Waals surface area contributed by atoms with Gasteiger partial charge in [-0.1, -0.05) is 36.3 Å². The van der Waals surface area contributed by atoms with E-state index in [1.807, 2.05) is 21.9 Å². The zero-order valence-electron chi connectivity index (χ0n) is 15.7. The van der Waals surface area contributed by atoms with E-state index in [9.17, 15) is 9.59 Å². The molecule has 4 rings (SSSR count). The van der Waals surface area contributed by atoms with Crippen molar-refractivity contribution in [2.75, 3.05) is 26.2 Å². The number of carbonyl (C=O) groups excluding carboxylic acids is 2. The van der Waals surface area contributed by atoms with Crippen LogP contribution in [-0.2, 0) is 11.2 Å². The van der Waals surface area contributed by atoms with Gasteiger partial charge in [-0.25, -0.2) is 0 Å². The Morgan fingerprint density at radius 2 is 2.07 bits per heavy atom. The van der Waals surface area contributed by atoms with Crippen LogP contribution in [-0.4, -0.2) is 52.9 Å². The lowest BCUT2D eigenvalue weighted by Gasteiger charge is -2.20. The number of nitrogens with zero attached hydrogens (tertiary/aromatic N) is 3. The predicted octanol–water partition coefficient (Wildman–Crippen LogP) is 2.99. The molecule has 2 aliphatic rings. The summed E-state index contributed by atoms with van der Waals surface area (Å²) in [6, 6.07) is 9.83. The van der Waals surface area contributed by atoms with Crippen LogP contribution < -0.4 is 0 Å². The zero-order valence-corrected chi connectivity index (χ0v) is 15.7. The lowest BCUT2D eigenvalue weighted by Crippen LogP contribution is -2.33. The van der Waals surface area contributed by atoms with Crippen LogP contribution in [0.4, 0.5) is 0 Å². The fourth-order valence-electron chi connectivity index (χ4n) is 3.95. The Balaban J connectivity index is 1.38. The van der Waals surface area contributed by atoms with Crippen LogP contribution in [0.1, 0.15) is 42.2 Å². The Morgan fingerprint density at radius 1 is 1.26 bits per heavy atom. The van der Waals surface area contributed by atoms with E-state index in [-0.39, 0.29) is 11.8 Å². The van der Waals surface area contributed by atoms with Gasteiger partial charge in [-0.3, -0.25) is 9.59 Å². The molecule has 0 aliphatic carbocycles. The monoisotopic (exact) mass is 367 g/mol. The Hall–Kier alpha value is -2.63. The van der Waals surface area contributed by atoms with Crippen LogP contribution in [0.3, 0.4) is 0 Å². The molecule has 1 unspecified atom stereocenters. The Kier molecular flexibility index (Phi) is 4.97. The van der Waals surface area contributed by atoms with Gasteiger partial charge in [0.05, 0.1) is 0 Å². The molecule has 0 radical (unpaired) electrons. The SMILES string of the molecule is CCc1ccc(-c2cc(C(=O)N3CCC(CN4CCCC4=O)C3)no2)cc1. The third-order valence-corrected chi connectivity index (χ3v) is 5.60. The highest BCUT2D eigenvalue weighted by Gasteiger charge is 2.31. The molecule has 0 saturated carbocycles. The number of amides is 2. The molecular formula is C21H25N3O3. The summed E-state index contributed by atoms with van der Waals surface area (Å²) in [5.41, 5.74) is 2.53. The lowest BCUT2D eigenvalue weighted by molar-refractivity contribution is -0.128. The number of aryl methyl sites for hydroxylation is 1. The largest absolute Gasteiger partial charge is 0.355 e. The van der Waals surface area contributed by atoms with Crippen molar-refractivity contribution in [3.63, 3.8) is 0 Å². The minimum Gasteiger partial charge on any atom is -0.355 e. The van der Waals surface area contributed by atoms with E-state index in [4.69, 9.17) is 4.52 Å². The van der Waals surface area contributed by atoms with E-state index in [1.54, 1.807) is 6.07 Å². The Morgan fingerprint density at radius 3 is 2.78 bits per heavy atom. The second-order valence-electron chi connectivity index (χ2n) is 7.48. The quantitative estimate of drug-likeness (QED) is 0.815. The van der Waals surface area contributed by atoms with Crippen molar-refractivity contribution >= 4 is 11.8 Å². The molecule has 2 fully saturated rings. The fraction of sp³-hybridized carbons (Fsp3) is 0.476. The highest BCUT2D eigenvalue weighted by atomic mass is 16.5. The summed E-state index contributed by atoms with van der Waals surface area (Å²) in [5, 5.41) is 3.99. The van der Waals surface area contributed by atoms with E-state index in [2.05, 4.69) is 24.2 Å². The summed E-state index contributed by atoms with van der Waals surface area (Å²) in [4.78, 5) is 28.3. The molecule has 142 valence electrons. The van der Waals surface area contributed by atoms with E-state index in [0.29, 0.717) is 36.9 Å². The third-order valence-electron chi connectivity index (χ3n) is 5.60. The van der Waals surface area contributed by atoms with Crippen molar-refractivity contribution in [1.29, 1.82) is 0 Å². The molecular weight excluding hydrogens is 342 g/mol. The van der Waals surface area contributed by atoms with Crippen LogP contribution in [0.25, 0.3) is 11.3 Å². The molecule has 0 bridgehead atoms. The van der Waals surface area contributed by atoms with Gasteiger partial charge in [0.2, 0.25) is 5.91 Å². The van der Waals surface area contributed by atoms with Crippen molar-refractivity contribution in [2.24, 2.45) is 5.92 Å². The fourth-order valence-corrected chi connectivity index (χ4v) is 3.95. The van der Waals surface area contributed by atoms with Gasteiger partial charge >= 0.3 is 0 Å². The molecule has 6 nitrogen and oxygen atoms in total. The first kappa shape index (κ1) is 17.8. The minimum atomic E-state index is -0.0922. The number of hydrogen-bond donors (Lipinski definition) is 0. The molecule has 0 spiro atoms. The average molecular weight is 367 g/mol. The van der Waals surface area contributed by atoms with E-state index >= 15 is 0 Å². The highest BCUT2D eigenvalue weighted by Crippen LogP contribution is 2.25. The third kappa shape index (κ3) is 3.75. The standard InChI is InChI=1S/C21H25N3O3/c1-2-15-5-7-17(8-6-15)19-12-18(22-27-19)21(26)24-11-9-16(14-24)13-23-10-3-4-20(23)25/h5-8,12,16H,2-4,9-11,13-14H2,1H3. The van der Waals surface area contributed by atoms with Gasteiger partial charge in [-0.15, -0.1) is 0 Å². The Bertz CT molecular complexity index is 827. The molecule has 6 heteroatoms. The second kappa shape index (κ2) is 7.55. The maximum Gasteiger partial charge on any atom is 0.276 e. The van der Waals surface area contributed by atoms with Gasteiger partial charge in [-0.05, 0) is 30.7 Å². The van der Waals surface area contributed by atoms with Crippen molar-refractivity contribution in [3.8, 4) is 11.3 Å². The smallest absolute Gasteiger partial charge is 0.276 e. The maximum atomic E-state index is 12.8. The van der Waals surface area contributed by atoms with Gasteiger partial charge in [0.15, 0.2) is 11.5 Å². The number of carbonyl (C=O) groups is 2. The molecule has 1 aromatic heterocycles. The molecule has 2 saturated heterocycles. The number of benzene rings is 1. The van der Waals surface area contributed by atoms with Crippen LogP contribution in [0.2, 0.25) is 0 Å². The summed E-state index contributed by atoms with van der Waals surface area (Å²) < 4.78 is 5.40. The summed E-state index contributed by atoms with van der Waals surface area (Å²) in [5.74, 6) is 1.11. The molecule has 2 aliphatic heterocycles. The average Bonchev–Trinajstić information content (AvgIpc) is 3.44. The van der Waals surface area contributed by atoms with Crippen molar-refractivity contribution < 1.29 is 14.1 Å². The highest BCUT2D eigenvalue weighted by molar-refractivity contribution is 5.93. The molecule has 0 N–H and O–H groups in total. The van der Waals surface area contributed by atoms with Gasteiger partial charge in [0.1, 0.15) is 0 Å². The molecule has 1 aromatic carbocycles. The van der Waals surface area contributed by atoms with Gasteiger partial charge in [0, 0.05) is 44.2 Å². The molecule has 3 heterocycles. The Labute approximate surface area is 159 Å². The number of likely N-dealkylation sites (tertiary alicyclic amines) is 2. The summed E-state index contributed by atoms with van der Waals surface area (Å²) in [7, 11) is 0. The number of hydrogen-bond acceptors (Lipinski definition) is 4. The zero-order chi connectivity index (χ0) is 18.8. The van der Waals surface area contributed by atoms with Crippen LogP contribution in [0, 0.1) is 5.92 Å². The molecule has 2 aromatic rings. The van der Waals surface area contributed by atoms with Crippen molar-refractivity contribution in [3.05, 3.63) is 41.6 Å². The molecule has 2 amide bonds. The number of rotatable bonds is 5. The normalized spacial score (nSPS) is 19.9. The van der Waals surface area contributed by atoms with Gasteiger partial charge in [-0.2, -0.15) is 0 Å². The van der Waals surface area contributed by atoms with Crippen molar-refractivity contribution in [1.82, 2.24) is 15.0 Å². The van der Waals surface area contributed by atoms with E-state index in [1.165, 1.54) is 5.56 Å². The first-order chi connectivity index (χ1) is 13.1. The second-order valence-corrected chi connectivity index (χ2v) is 7.48. The summed E-state index contributed by atoms with van der Waals surface area (Å²) in [6.07, 6.45) is 3.53.